The molecule has 0 bridgehead atoms. The van der Waals surface area contributed by atoms with Crippen molar-refractivity contribution in [3.63, 3.8) is 0 Å². The van der Waals surface area contributed by atoms with Crippen molar-refractivity contribution >= 4 is 0 Å². The largest absolute Gasteiger partial charge is 0.493 e. The molecule has 0 spiro atoms. The Hall–Kier alpha value is -2.14. The molecule has 100 valence electrons. The molecule has 2 N–H and O–H groups in total. The maximum absolute atomic E-state index is 11.7. The highest BCUT2D eigenvalue weighted by molar-refractivity contribution is 5.26. The SMILES string of the molecule is CCOC(c1ccccc1)c1nc(O)c(C)c(=O)[nH]1. The highest BCUT2D eigenvalue weighted by Gasteiger charge is 2.18. The van der Waals surface area contributed by atoms with E-state index in [9.17, 15) is 9.90 Å². The van der Waals surface area contributed by atoms with Crippen LogP contribution in [0.4, 0.5) is 0 Å². The minimum absolute atomic E-state index is 0.201. The van der Waals surface area contributed by atoms with Gasteiger partial charge < -0.3 is 14.8 Å². The number of nitrogens with one attached hydrogen (secondary N) is 1. The standard InChI is InChI=1S/C14H16N2O3/c1-3-19-11(10-7-5-4-6-8-10)12-15-13(17)9(2)14(18)16-12/h4-8,11H,3H2,1-2H3,(H2,15,16,17,18). The minimum atomic E-state index is -0.495. The molecular weight excluding hydrogens is 244 g/mol. The van der Waals surface area contributed by atoms with Gasteiger partial charge in [0.25, 0.3) is 5.56 Å². The van der Waals surface area contributed by atoms with Gasteiger partial charge >= 0.3 is 0 Å². The van der Waals surface area contributed by atoms with Crippen molar-refractivity contribution in [3.8, 4) is 5.88 Å². The van der Waals surface area contributed by atoms with Crippen molar-refractivity contribution in [2.75, 3.05) is 6.61 Å². The molecule has 1 aromatic carbocycles. The maximum atomic E-state index is 11.7. The molecule has 0 aliphatic carbocycles. The van der Waals surface area contributed by atoms with Crippen LogP contribution in [0, 0.1) is 6.92 Å². The number of aromatic nitrogens is 2. The molecular formula is C14H16N2O3. The van der Waals surface area contributed by atoms with E-state index in [0.717, 1.165) is 5.56 Å². The average molecular weight is 260 g/mol. The van der Waals surface area contributed by atoms with Crippen LogP contribution >= 0.6 is 0 Å². The first-order valence-corrected chi connectivity index (χ1v) is 6.09. The molecule has 0 aliphatic rings. The Morgan fingerprint density at radius 3 is 2.63 bits per heavy atom. The monoisotopic (exact) mass is 260 g/mol. The second-order valence-electron chi connectivity index (χ2n) is 4.15. The van der Waals surface area contributed by atoms with Crippen molar-refractivity contribution in [2.24, 2.45) is 0 Å². The van der Waals surface area contributed by atoms with E-state index in [1.54, 1.807) is 0 Å². The van der Waals surface area contributed by atoms with Gasteiger partial charge in [-0.05, 0) is 19.4 Å². The Kier molecular flexibility index (Phi) is 3.97. The molecule has 1 unspecified atom stereocenters. The van der Waals surface area contributed by atoms with Crippen LogP contribution in [0.15, 0.2) is 35.1 Å². The van der Waals surface area contributed by atoms with Gasteiger partial charge in [0, 0.05) is 6.61 Å². The van der Waals surface area contributed by atoms with Gasteiger partial charge in [-0.15, -0.1) is 0 Å². The molecule has 19 heavy (non-hydrogen) atoms. The normalized spacial score (nSPS) is 12.3. The smallest absolute Gasteiger partial charge is 0.257 e. The lowest BCUT2D eigenvalue weighted by Crippen LogP contribution is -2.19. The third kappa shape index (κ3) is 2.82. The van der Waals surface area contributed by atoms with E-state index in [1.807, 2.05) is 37.3 Å². The summed E-state index contributed by atoms with van der Waals surface area (Å²) < 4.78 is 5.62. The van der Waals surface area contributed by atoms with Crippen molar-refractivity contribution < 1.29 is 9.84 Å². The Bertz CT molecular complexity index is 608. The van der Waals surface area contributed by atoms with Crippen LogP contribution in [0.1, 0.15) is 30.0 Å². The number of rotatable bonds is 4. The molecule has 1 heterocycles. The van der Waals surface area contributed by atoms with E-state index in [-0.39, 0.29) is 17.0 Å². The number of benzene rings is 1. The first-order chi connectivity index (χ1) is 9.13. The molecule has 0 saturated heterocycles. The summed E-state index contributed by atoms with van der Waals surface area (Å²) in [7, 11) is 0. The molecule has 0 aliphatic heterocycles. The first-order valence-electron chi connectivity index (χ1n) is 6.09. The zero-order chi connectivity index (χ0) is 13.8. The van der Waals surface area contributed by atoms with Crippen molar-refractivity contribution in [1.29, 1.82) is 0 Å². The maximum Gasteiger partial charge on any atom is 0.257 e. The van der Waals surface area contributed by atoms with Crippen LogP contribution in [0.5, 0.6) is 5.88 Å². The van der Waals surface area contributed by atoms with E-state index in [0.29, 0.717) is 12.4 Å². The van der Waals surface area contributed by atoms with Crippen LogP contribution in [0.25, 0.3) is 0 Å². The predicted molar refractivity (Wildman–Crippen MR) is 71.2 cm³/mol. The van der Waals surface area contributed by atoms with E-state index in [4.69, 9.17) is 4.74 Å². The summed E-state index contributed by atoms with van der Waals surface area (Å²) in [4.78, 5) is 18.3. The van der Waals surface area contributed by atoms with Gasteiger partial charge in [-0.2, -0.15) is 4.98 Å². The lowest BCUT2D eigenvalue weighted by atomic mass is 10.1. The van der Waals surface area contributed by atoms with E-state index < -0.39 is 6.10 Å². The number of aromatic hydroxyl groups is 1. The minimum Gasteiger partial charge on any atom is -0.493 e. The molecule has 5 nitrogen and oxygen atoms in total. The summed E-state index contributed by atoms with van der Waals surface area (Å²) in [6.45, 7) is 3.85. The predicted octanol–water partition coefficient (Wildman–Crippen LogP) is 1.91. The molecule has 1 aromatic heterocycles. The lowest BCUT2D eigenvalue weighted by Gasteiger charge is -2.16. The Morgan fingerprint density at radius 2 is 2.05 bits per heavy atom. The summed E-state index contributed by atoms with van der Waals surface area (Å²) >= 11 is 0. The van der Waals surface area contributed by atoms with Crippen molar-refractivity contribution in [2.45, 2.75) is 20.0 Å². The molecule has 2 rings (SSSR count). The molecule has 0 amide bonds. The fourth-order valence-corrected chi connectivity index (χ4v) is 1.79. The summed E-state index contributed by atoms with van der Waals surface area (Å²) in [6.07, 6.45) is -0.495. The van der Waals surface area contributed by atoms with E-state index >= 15 is 0 Å². The summed E-state index contributed by atoms with van der Waals surface area (Å²) in [5.74, 6) is 0.0422. The highest BCUT2D eigenvalue weighted by Crippen LogP contribution is 2.23. The fraction of sp³-hybridized carbons (Fsp3) is 0.286. The molecule has 0 radical (unpaired) electrons. The molecule has 1 atom stereocenters. The number of hydrogen-bond donors (Lipinski definition) is 2. The highest BCUT2D eigenvalue weighted by atomic mass is 16.5. The van der Waals surface area contributed by atoms with Crippen LogP contribution < -0.4 is 5.56 Å². The number of ether oxygens (including phenoxy) is 1. The Labute approximate surface area is 110 Å². The average Bonchev–Trinajstić information content (AvgIpc) is 2.42. The fourth-order valence-electron chi connectivity index (χ4n) is 1.79. The number of nitrogens with zero attached hydrogens (tertiary/aromatic N) is 1. The van der Waals surface area contributed by atoms with Crippen LogP contribution in [0.3, 0.4) is 0 Å². The van der Waals surface area contributed by atoms with Gasteiger partial charge in [0.05, 0.1) is 5.56 Å². The first kappa shape index (κ1) is 13.3. The van der Waals surface area contributed by atoms with Crippen LogP contribution in [-0.2, 0) is 4.74 Å². The summed E-state index contributed by atoms with van der Waals surface area (Å²) in [5, 5.41) is 9.66. The van der Waals surface area contributed by atoms with Crippen molar-refractivity contribution in [1.82, 2.24) is 9.97 Å². The second-order valence-corrected chi connectivity index (χ2v) is 4.15. The second kappa shape index (κ2) is 5.67. The van der Waals surface area contributed by atoms with E-state index in [1.165, 1.54) is 6.92 Å². The number of hydrogen-bond acceptors (Lipinski definition) is 4. The molecule has 0 fully saturated rings. The molecule has 0 saturated carbocycles. The Balaban J connectivity index is 2.48. The van der Waals surface area contributed by atoms with Gasteiger partial charge in [-0.25, -0.2) is 0 Å². The topological polar surface area (TPSA) is 75.2 Å². The third-order valence-corrected chi connectivity index (χ3v) is 2.83. The van der Waals surface area contributed by atoms with Gasteiger partial charge in [0.2, 0.25) is 5.88 Å². The zero-order valence-electron chi connectivity index (χ0n) is 10.9. The third-order valence-electron chi connectivity index (χ3n) is 2.83. The quantitative estimate of drug-likeness (QED) is 0.880. The van der Waals surface area contributed by atoms with Crippen LogP contribution in [0.2, 0.25) is 0 Å². The van der Waals surface area contributed by atoms with Gasteiger partial charge in [-0.3, -0.25) is 4.79 Å². The van der Waals surface area contributed by atoms with Crippen molar-refractivity contribution in [3.05, 3.63) is 57.6 Å². The van der Waals surface area contributed by atoms with Gasteiger partial charge in [-0.1, -0.05) is 30.3 Å². The Morgan fingerprint density at radius 1 is 1.37 bits per heavy atom. The molecule has 2 aromatic rings. The molecule has 5 heteroatoms. The number of H-pyrrole nitrogens is 1. The number of aromatic amines is 1. The van der Waals surface area contributed by atoms with Gasteiger partial charge in [0.15, 0.2) is 0 Å². The summed E-state index contributed by atoms with van der Waals surface area (Å²) in [5.41, 5.74) is 0.714. The zero-order valence-corrected chi connectivity index (χ0v) is 10.9. The van der Waals surface area contributed by atoms with Crippen LogP contribution in [-0.4, -0.2) is 21.7 Å². The van der Waals surface area contributed by atoms with Gasteiger partial charge in [0.1, 0.15) is 11.9 Å². The lowest BCUT2D eigenvalue weighted by molar-refractivity contribution is 0.0843. The van der Waals surface area contributed by atoms with E-state index in [2.05, 4.69) is 9.97 Å². The summed E-state index contributed by atoms with van der Waals surface area (Å²) in [6, 6.07) is 9.44.